The molecule has 25 heavy (non-hydrogen) atoms. The fraction of sp³-hybridized carbons (Fsp3) is 0.625. The molecule has 1 aliphatic carbocycles. The molecule has 0 saturated heterocycles. The molecule has 0 atom stereocenters. The lowest BCUT2D eigenvalue weighted by Gasteiger charge is -2.29. The first kappa shape index (κ1) is 18.8. The van der Waals surface area contributed by atoms with Crippen LogP contribution in [0, 0.1) is 5.92 Å². The number of aromatic nitrogens is 2. The number of fused-ring (bicyclic) bond motifs is 1. The summed E-state index contributed by atoms with van der Waals surface area (Å²) in [6.45, 7) is 3.93. The Morgan fingerprint density at radius 2 is 2.04 bits per heavy atom. The molecule has 1 fully saturated rings. The number of nitrogens with zero attached hydrogens (tertiary/aromatic N) is 2. The third-order valence-electron chi connectivity index (χ3n) is 4.58. The summed E-state index contributed by atoms with van der Waals surface area (Å²) in [5, 5.41) is 4.59. The minimum absolute atomic E-state index is 0.369. The number of rotatable bonds is 6. The van der Waals surface area contributed by atoms with Crippen molar-refractivity contribution in [1.82, 2.24) is 14.7 Å². The summed E-state index contributed by atoms with van der Waals surface area (Å²) >= 11 is 7.53. The molecular formula is C16H23ClN4O2S2. The molecule has 138 valence electrons. The first-order chi connectivity index (χ1) is 11.8. The number of halogens is 1. The summed E-state index contributed by atoms with van der Waals surface area (Å²) in [5.74, 6) is 0.405. The van der Waals surface area contributed by atoms with Gasteiger partial charge in [0.2, 0.25) is 10.0 Å². The summed E-state index contributed by atoms with van der Waals surface area (Å²) in [7, 11) is -3.17. The van der Waals surface area contributed by atoms with E-state index in [0.29, 0.717) is 29.2 Å². The summed E-state index contributed by atoms with van der Waals surface area (Å²) in [6, 6.07) is 2.25. The van der Waals surface area contributed by atoms with Crippen LogP contribution in [-0.4, -0.2) is 36.2 Å². The van der Waals surface area contributed by atoms with Crippen molar-refractivity contribution in [2.45, 2.75) is 50.8 Å². The maximum Gasteiger partial charge on any atom is 0.213 e. The second-order valence-electron chi connectivity index (χ2n) is 6.80. The van der Waals surface area contributed by atoms with Crippen molar-refractivity contribution >= 4 is 48.4 Å². The lowest BCUT2D eigenvalue weighted by molar-refractivity contribution is 0.337. The molecule has 2 heterocycles. The SMILES string of the molecule is CC(C)S(=O)(=O)NCC1CCC(Nc2nc3ncc(Cl)cc3s2)CC1. The molecule has 2 aromatic rings. The number of thiazole rings is 1. The van der Waals surface area contributed by atoms with Crippen molar-refractivity contribution in [3.63, 3.8) is 0 Å². The Morgan fingerprint density at radius 1 is 1.32 bits per heavy atom. The van der Waals surface area contributed by atoms with Crippen molar-refractivity contribution in [2.75, 3.05) is 11.9 Å². The molecule has 2 aromatic heterocycles. The van der Waals surface area contributed by atoms with Crippen LogP contribution in [0.3, 0.4) is 0 Å². The van der Waals surface area contributed by atoms with Gasteiger partial charge in [-0.3, -0.25) is 0 Å². The van der Waals surface area contributed by atoms with Gasteiger partial charge < -0.3 is 5.32 Å². The average Bonchev–Trinajstić information content (AvgIpc) is 2.95. The first-order valence-corrected chi connectivity index (χ1v) is 11.2. The molecule has 1 saturated carbocycles. The van der Waals surface area contributed by atoms with Crippen molar-refractivity contribution in [3.8, 4) is 0 Å². The lowest BCUT2D eigenvalue weighted by Crippen LogP contribution is -2.37. The van der Waals surface area contributed by atoms with Crippen LogP contribution < -0.4 is 10.0 Å². The van der Waals surface area contributed by atoms with Crippen molar-refractivity contribution in [3.05, 3.63) is 17.3 Å². The van der Waals surface area contributed by atoms with E-state index in [4.69, 9.17) is 11.6 Å². The van der Waals surface area contributed by atoms with Crippen LogP contribution in [0.15, 0.2) is 12.3 Å². The Kier molecular flexibility index (Phi) is 5.82. The molecule has 0 amide bonds. The number of anilines is 1. The second kappa shape index (κ2) is 7.73. The van der Waals surface area contributed by atoms with Crippen molar-refractivity contribution < 1.29 is 8.42 Å². The van der Waals surface area contributed by atoms with E-state index in [9.17, 15) is 8.42 Å². The van der Waals surface area contributed by atoms with E-state index in [1.807, 2.05) is 6.07 Å². The third kappa shape index (κ3) is 4.81. The Bertz CT molecular complexity index is 830. The van der Waals surface area contributed by atoms with E-state index in [0.717, 1.165) is 35.5 Å². The molecule has 3 rings (SSSR count). The van der Waals surface area contributed by atoms with E-state index >= 15 is 0 Å². The molecule has 2 N–H and O–H groups in total. The standard InChI is InChI=1S/C16H23ClN4O2S2/c1-10(2)25(22,23)19-8-11-3-5-13(6-4-11)20-16-21-15-14(24-16)7-12(17)9-18-15/h7,9-11,13,19H,3-6,8H2,1-2H3,(H,18,20,21). The van der Waals surface area contributed by atoms with Crippen molar-refractivity contribution in [2.24, 2.45) is 5.92 Å². The quantitative estimate of drug-likeness (QED) is 0.770. The summed E-state index contributed by atoms with van der Waals surface area (Å²) in [4.78, 5) is 8.73. The molecule has 6 nitrogen and oxygen atoms in total. The second-order valence-corrected chi connectivity index (χ2v) is 10.6. The minimum atomic E-state index is -3.17. The van der Waals surface area contributed by atoms with Crippen LogP contribution in [0.4, 0.5) is 5.13 Å². The van der Waals surface area contributed by atoms with E-state index in [-0.39, 0.29) is 5.25 Å². The van der Waals surface area contributed by atoms with E-state index in [2.05, 4.69) is 20.0 Å². The predicted molar refractivity (Wildman–Crippen MR) is 104 cm³/mol. The summed E-state index contributed by atoms with van der Waals surface area (Å²) < 4.78 is 27.4. The topological polar surface area (TPSA) is 84.0 Å². The number of hydrogen-bond acceptors (Lipinski definition) is 6. The Labute approximate surface area is 157 Å². The van der Waals surface area contributed by atoms with Gasteiger partial charge in [-0.2, -0.15) is 0 Å². The molecule has 0 spiro atoms. The zero-order valence-electron chi connectivity index (χ0n) is 14.3. The van der Waals surface area contributed by atoms with Crippen LogP contribution in [0.1, 0.15) is 39.5 Å². The molecule has 0 unspecified atom stereocenters. The van der Waals surface area contributed by atoms with Gasteiger partial charge in [-0.1, -0.05) is 22.9 Å². The highest BCUT2D eigenvalue weighted by molar-refractivity contribution is 7.90. The Hall–Kier alpha value is -0.960. The Balaban J connectivity index is 1.50. The van der Waals surface area contributed by atoms with Gasteiger partial charge in [-0.05, 0) is 51.5 Å². The minimum Gasteiger partial charge on any atom is -0.359 e. The van der Waals surface area contributed by atoms with Crippen LogP contribution in [0.25, 0.3) is 10.3 Å². The number of nitrogens with one attached hydrogen (secondary N) is 2. The Morgan fingerprint density at radius 3 is 2.72 bits per heavy atom. The van der Waals surface area contributed by atoms with Gasteiger partial charge in [0.15, 0.2) is 10.8 Å². The highest BCUT2D eigenvalue weighted by atomic mass is 35.5. The average molecular weight is 403 g/mol. The van der Waals surface area contributed by atoms with E-state index < -0.39 is 10.0 Å². The smallest absolute Gasteiger partial charge is 0.213 e. The number of hydrogen-bond donors (Lipinski definition) is 2. The molecule has 9 heteroatoms. The van der Waals surface area contributed by atoms with E-state index in [1.54, 1.807) is 31.4 Å². The highest BCUT2D eigenvalue weighted by Gasteiger charge is 2.24. The molecule has 1 aliphatic rings. The van der Waals surface area contributed by atoms with Gasteiger partial charge in [-0.25, -0.2) is 23.1 Å². The maximum atomic E-state index is 11.8. The van der Waals surface area contributed by atoms with Crippen LogP contribution in [0.2, 0.25) is 5.02 Å². The van der Waals surface area contributed by atoms with Crippen LogP contribution in [-0.2, 0) is 10.0 Å². The highest BCUT2D eigenvalue weighted by Crippen LogP contribution is 2.30. The van der Waals surface area contributed by atoms with Gasteiger partial charge in [0, 0.05) is 18.8 Å². The molecule has 0 aromatic carbocycles. The molecular weight excluding hydrogens is 380 g/mol. The normalized spacial score (nSPS) is 21.8. The van der Waals surface area contributed by atoms with Gasteiger partial charge >= 0.3 is 0 Å². The summed E-state index contributed by atoms with van der Waals surface area (Å²) in [6.07, 6.45) is 5.65. The largest absolute Gasteiger partial charge is 0.359 e. The number of pyridine rings is 1. The van der Waals surface area contributed by atoms with Crippen molar-refractivity contribution in [1.29, 1.82) is 0 Å². The zero-order valence-corrected chi connectivity index (χ0v) is 16.7. The lowest BCUT2D eigenvalue weighted by atomic mass is 9.86. The van der Waals surface area contributed by atoms with Crippen LogP contribution >= 0.6 is 22.9 Å². The molecule has 0 bridgehead atoms. The van der Waals surface area contributed by atoms with Crippen LogP contribution in [0.5, 0.6) is 0 Å². The molecule has 0 radical (unpaired) electrons. The van der Waals surface area contributed by atoms with Gasteiger partial charge in [0.25, 0.3) is 0 Å². The summed E-state index contributed by atoms with van der Waals surface area (Å²) in [5.41, 5.74) is 0.716. The maximum absolute atomic E-state index is 11.8. The fourth-order valence-electron chi connectivity index (χ4n) is 2.94. The van der Waals surface area contributed by atoms with E-state index in [1.165, 1.54) is 0 Å². The number of sulfonamides is 1. The van der Waals surface area contributed by atoms with Gasteiger partial charge in [-0.15, -0.1) is 0 Å². The zero-order chi connectivity index (χ0) is 18.0. The third-order valence-corrected chi connectivity index (χ3v) is 7.52. The molecule has 0 aliphatic heterocycles. The monoisotopic (exact) mass is 402 g/mol. The predicted octanol–water partition coefficient (Wildman–Crippen LogP) is 3.64. The fourth-order valence-corrected chi connectivity index (χ4v) is 4.91. The van der Waals surface area contributed by atoms with Gasteiger partial charge in [0.1, 0.15) is 0 Å². The first-order valence-electron chi connectivity index (χ1n) is 8.50. The van der Waals surface area contributed by atoms with Gasteiger partial charge in [0.05, 0.1) is 15.0 Å².